The van der Waals surface area contributed by atoms with Gasteiger partial charge in [0.15, 0.2) is 0 Å². The molecule has 74 valence electrons. The summed E-state index contributed by atoms with van der Waals surface area (Å²) < 4.78 is 8.55. The molecule has 9 heteroatoms. The number of aliphatic hydroxyl groups is 1. The summed E-state index contributed by atoms with van der Waals surface area (Å²) in [5.41, 5.74) is 0. The van der Waals surface area contributed by atoms with Crippen LogP contribution in [0.2, 0.25) is 0 Å². The summed E-state index contributed by atoms with van der Waals surface area (Å²) >= 11 is 0. The van der Waals surface area contributed by atoms with Crippen LogP contribution >= 0.6 is 7.82 Å². The van der Waals surface area contributed by atoms with Crippen LogP contribution in [0.3, 0.4) is 0 Å². The van der Waals surface area contributed by atoms with Crippen molar-refractivity contribution in [3.8, 4) is 0 Å². The van der Waals surface area contributed by atoms with E-state index in [1.807, 2.05) is 0 Å². The molecule has 0 aliphatic carbocycles. The summed E-state index contributed by atoms with van der Waals surface area (Å²) in [6, 6.07) is 0. The summed E-state index contributed by atoms with van der Waals surface area (Å²) in [5.74, 6) is -1.44. The van der Waals surface area contributed by atoms with Crippen molar-refractivity contribution in [3.05, 3.63) is 13.2 Å². The van der Waals surface area contributed by atoms with E-state index < -0.39 is 20.4 Å². The Balaban J connectivity index is -0.0000000491. The van der Waals surface area contributed by atoms with Crippen molar-refractivity contribution < 1.29 is 56.0 Å². The van der Waals surface area contributed by atoms with Gasteiger partial charge in [0.05, 0.1) is 12.6 Å². The van der Waals surface area contributed by atoms with E-state index >= 15 is 0 Å². The van der Waals surface area contributed by atoms with E-state index in [-0.39, 0.29) is 21.7 Å². The van der Waals surface area contributed by atoms with Gasteiger partial charge in [-0.2, -0.15) is 7.82 Å². The van der Waals surface area contributed by atoms with Gasteiger partial charge in [-0.05, 0) is 0 Å². The quantitative estimate of drug-likeness (QED) is 0.279. The summed E-state index contributed by atoms with van der Waals surface area (Å²) in [6.07, 6.45) is 0. The molecule has 1 N–H and O–H groups in total. The molecule has 0 saturated heterocycles. The second kappa shape index (κ2) is 14.5. The van der Waals surface area contributed by atoms with Crippen LogP contribution in [-0.4, -0.2) is 17.7 Å². The molecule has 13 heavy (non-hydrogen) atoms. The summed E-state index contributed by atoms with van der Waals surface area (Å²) in [4.78, 5) is 34.7. The maximum absolute atomic E-state index is 9.01. The van der Waals surface area contributed by atoms with Crippen LogP contribution in [0.5, 0.6) is 0 Å². The Morgan fingerprint density at radius 2 is 1.38 bits per heavy atom. The zero-order valence-electron chi connectivity index (χ0n) is 6.47. The second-order valence-corrected chi connectivity index (χ2v) is 1.87. The van der Waals surface area contributed by atoms with E-state index in [1.165, 1.54) is 0 Å². The van der Waals surface area contributed by atoms with E-state index in [4.69, 9.17) is 34.3 Å². The first-order valence-electron chi connectivity index (χ1n) is 2.31. The van der Waals surface area contributed by atoms with Crippen LogP contribution in [-0.2, 0) is 31.1 Å². The first-order chi connectivity index (χ1) is 5.27. The predicted octanol–water partition coefficient (Wildman–Crippen LogP) is -4.30. The molecule has 0 atom stereocenters. The fourth-order valence-electron chi connectivity index (χ4n) is 0. The minimum atomic E-state index is -5.39. The third-order valence-electron chi connectivity index (χ3n) is 0.129. The normalized spacial score (nSPS) is 7.69. The number of carboxylic acids is 1. The number of carbonyl (C=O) groups is 1. The van der Waals surface area contributed by atoms with Crippen molar-refractivity contribution in [1.82, 2.24) is 0 Å². The number of carbonyl (C=O) groups excluding carboxylic acids is 1. The number of rotatable bonds is 1. The molecular formula is C4H7O7PTi. The average Bonchev–Trinajstić information content (AvgIpc) is 1.89. The number of hydrogen-bond acceptors (Lipinski definition) is 7. The minimum Gasteiger partial charge on any atom is -0.822 e. The molecule has 0 aromatic rings. The van der Waals surface area contributed by atoms with Crippen molar-refractivity contribution >= 4 is 13.8 Å². The molecule has 0 aromatic carbocycles. The third-order valence-corrected chi connectivity index (χ3v) is 0.129. The van der Waals surface area contributed by atoms with Gasteiger partial charge in [-0.25, -0.2) is 0 Å². The fraction of sp³-hybridized carbons (Fsp3) is 0.250. The second-order valence-electron chi connectivity index (χ2n) is 0.977. The molecule has 0 saturated carbocycles. The van der Waals surface area contributed by atoms with Gasteiger partial charge in [-0.15, -0.1) is 13.2 Å². The van der Waals surface area contributed by atoms with Crippen LogP contribution < -0.4 is 19.8 Å². The van der Waals surface area contributed by atoms with Gasteiger partial charge >= 0.3 is 21.7 Å². The SMILES string of the molecule is C=C.O=C([O-])CO.O=P([O-])([O-])[O-].[Ti+4]. The van der Waals surface area contributed by atoms with Crippen LogP contribution in [0, 0.1) is 0 Å². The van der Waals surface area contributed by atoms with Crippen molar-refractivity contribution in [3.63, 3.8) is 0 Å². The molecule has 0 aromatic heterocycles. The van der Waals surface area contributed by atoms with E-state index in [0.717, 1.165) is 0 Å². The molecule has 0 unspecified atom stereocenters. The Morgan fingerprint density at radius 3 is 1.38 bits per heavy atom. The Hall–Kier alpha value is -0.00571. The van der Waals surface area contributed by atoms with E-state index in [0.29, 0.717) is 0 Å². The number of phosphoric acid groups is 1. The molecule has 0 amide bonds. The zero-order valence-corrected chi connectivity index (χ0v) is 8.92. The van der Waals surface area contributed by atoms with Crippen molar-refractivity contribution in [2.45, 2.75) is 0 Å². The van der Waals surface area contributed by atoms with Crippen molar-refractivity contribution in [2.75, 3.05) is 6.61 Å². The largest absolute Gasteiger partial charge is 4.00 e. The maximum atomic E-state index is 9.01. The molecule has 0 radical (unpaired) electrons. The molecule has 0 aliphatic rings. The number of carboxylic acid groups (broad SMARTS) is 1. The van der Waals surface area contributed by atoms with E-state index in [2.05, 4.69) is 13.2 Å². The van der Waals surface area contributed by atoms with Crippen LogP contribution in [0.1, 0.15) is 0 Å². The molecule has 0 spiro atoms. The van der Waals surface area contributed by atoms with Crippen LogP contribution in [0.4, 0.5) is 0 Å². The van der Waals surface area contributed by atoms with Gasteiger partial charge in [-0.1, -0.05) is 0 Å². The monoisotopic (exact) mass is 246 g/mol. The van der Waals surface area contributed by atoms with Gasteiger partial charge in [-0.3, -0.25) is 0 Å². The Bertz CT molecular complexity index is 146. The molecule has 0 aliphatic heterocycles. The Morgan fingerprint density at radius 1 is 1.31 bits per heavy atom. The molecule has 7 nitrogen and oxygen atoms in total. The molecule has 0 rings (SSSR count). The Labute approximate surface area is 89.8 Å². The van der Waals surface area contributed by atoms with Crippen molar-refractivity contribution in [1.29, 1.82) is 0 Å². The first-order valence-corrected chi connectivity index (χ1v) is 3.77. The summed E-state index contributed by atoms with van der Waals surface area (Å²) in [7, 11) is -5.39. The zero-order chi connectivity index (χ0) is 10.8. The number of aliphatic hydroxyl groups excluding tert-OH is 1. The van der Waals surface area contributed by atoms with E-state index in [9.17, 15) is 0 Å². The van der Waals surface area contributed by atoms with Crippen LogP contribution in [0.25, 0.3) is 0 Å². The third kappa shape index (κ3) is 301. The first kappa shape index (κ1) is 23.1. The summed E-state index contributed by atoms with van der Waals surface area (Å²) in [5, 5.41) is 16.5. The summed E-state index contributed by atoms with van der Waals surface area (Å²) in [6.45, 7) is 5.11. The van der Waals surface area contributed by atoms with E-state index in [1.54, 1.807) is 0 Å². The van der Waals surface area contributed by atoms with Crippen molar-refractivity contribution in [2.24, 2.45) is 0 Å². The minimum absolute atomic E-state index is 0. The van der Waals surface area contributed by atoms with Gasteiger partial charge in [0.1, 0.15) is 0 Å². The number of hydrogen-bond donors (Lipinski definition) is 1. The number of aliphatic carboxylic acids is 1. The molecule has 0 fully saturated rings. The smallest absolute Gasteiger partial charge is 0.822 e. The fourth-order valence-corrected chi connectivity index (χ4v) is 0. The molecule has 0 heterocycles. The average molecular weight is 246 g/mol. The Kier molecular flexibility index (Phi) is 25.8. The molecular weight excluding hydrogens is 239 g/mol. The van der Waals surface area contributed by atoms with Gasteiger partial charge in [0, 0.05) is 0 Å². The van der Waals surface area contributed by atoms with Gasteiger partial charge in [0.2, 0.25) is 0 Å². The predicted molar refractivity (Wildman–Crippen MR) is 31.0 cm³/mol. The van der Waals surface area contributed by atoms with Crippen LogP contribution in [0.15, 0.2) is 13.2 Å². The van der Waals surface area contributed by atoms with Gasteiger partial charge in [0.25, 0.3) is 0 Å². The van der Waals surface area contributed by atoms with Gasteiger partial charge < -0.3 is 34.3 Å². The standard InChI is InChI=1S/C2H4O3.C2H4.H3O4P.Ti/c3-1-2(4)5;1-2;1-5(2,3)4;/h3H,1H2,(H,4,5);1-2H2;(H3,1,2,3,4);/q;;;+4/p-4. The molecule has 0 bridgehead atoms. The topological polar surface area (TPSA) is 147 Å². The maximum Gasteiger partial charge on any atom is 4.00 e.